The van der Waals surface area contributed by atoms with Gasteiger partial charge in [0.25, 0.3) is 10.0 Å². The molecule has 8 bridgehead atoms. The van der Waals surface area contributed by atoms with Gasteiger partial charge in [-0.3, -0.25) is 9.52 Å². The van der Waals surface area contributed by atoms with Gasteiger partial charge < -0.3 is 4.74 Å². The molecule has 0 atom stereocenters. The molecule has 0 spiro atoms. The van der Waals surface area contributed by atoms with Crippen LogP contribution >= 0.6 is 22.7 Å². The van der Waals surface area contributed by atoms with Gasteiger partial charge >= 0.3 is 0 Å². The minimum Gasteiger partial charge on any atom is -0.480 e. The van der Waals surface area contributed by atoms with E-state index in [1.165, 1.54) is 30.6 Å². The van der Waals surface area contributed by atoms with Crippen molar-refractivity contribution in [2.75, 3.05) is 11.8 Å². The smallest absolute Gasteiger partial charge is 0.262 e. The summed E-state index contributed by atoms with van der Waals surface area (Å²) >= 11 is 3.14. The number of ether oxygens (including phenoxy) is 1. The Morgan fingerprint density at radius 2 is 1.84 bits per heavy atom. The first-order valence-corrected chi connectivity index (χ1v) is 14.5. The van der Waals surface area contributed by atoms with Crippen molar-refractivity contribution in [1.29, 1.82) is 0 Å². The highest BCUT2D eigenvalue weighted by Gasteiger charge is 2.22. The zero-order chi connectivity index (χ0) is 25.7. The molecule has 186 valence electrons. The van der Waals surface area contributed by atoms with Crippen LogP contribution in [0.5, 0.6) is 5.88 Å². The van der Waals surface area contributed by atoms with Crippen molar-refractivity contribution < 1.29 is 17.9 Å². The minimum absolute atomic E-state index is 0.0108. The molecular weight excluding hydrogens is 529 g/mol. The van der Waals surface area contributed by atoms with E-state index in [1.807, 2.05) is 13.0 Å². The van der Waals surface area contributed by atoms with E-state index in [0.717, 1.165) is 36.1 Å². The number of rotatable bonds is 1. The molecule has 4 aromatic heterocycles. The zero-order valence-electron chi connectivity index (χ0n) is 19.8. The summed E-state index contributed by atoms with van der Waals surface area (Å²) in [6.07, 6.45) is 4.01. The summed E-state index contributed by atoms with van der Waals surface area (Å²) in [5.74, 6) is 0.0122. The molecule has 0 unspecified atom stereocenters. The molecule has 37 heavy (non-hydrogen) atoms. The summed E-state index contributed by atoms with van der Waals surface area (Å²) < 4.78 is 35.5. The zero-order valence-corrected chi connectivity index (χ0v) is 22.3. The number of thiophene rings is 2. The molecule has 6 rings (SSSR count). The molecule has 0 radical (unpaired) electrons. The maximum absolute atomic E-state index is 13.3. The SMILES string of the molecule is COc1ncc2cc1NS(=O)(=O)c1cccc(c1)C(=O)CCc1sc(cc1C)-c1ncnc3cc-2sc13. The summed E-state index contributed by atoms with van der Waals surface area (Å²) in [4.78, 5) is 29.4. The number of carbonyl (C=O) groups is 1. The Kier molecular flexibility index (Phi) is 5.78. The van der Waals surface area contributed by atoms with Crippen LogP contribution in [0.1, 0.15) is 27.2 Å². The van der Waals surface area contributed by atoms with Crippen LogP contribution in [0.25, 0.3) is 31.2 Å². The van der Waals surface area contributed by atoms with E-state index < -0.39 is 10.0 Å². The number of ketones is 1. The summed E-state index contributed by atoms with van der Waals surface area (Å²) in [6.45, 7) is 2.03. The van der Waals surface area contributed by atoms with E-state index in [1.54, 1.807) is 42.1 Å². The molecule has 5 aromatic rings. The van der Waals surface area contributed by atoms with Crippen LogP contribution in [-0.2, 0) is 16.4 Å². The van der Waals surface area contributed by atoms with E-state index >= 15 is 0 Å². The topological polar surface area (TPSA) is 111 Å². The molecule has 0 saturated heterocycles. The fraction of sp³-hybridized carbons (Fsp3) is 0.154. The number of carbonyl (C=O) groups excluding carboxylic acids is 1. The second kappa shape index (κ2) is 9.02. The van der Waals surface area contributed by atoms with E-state index in [2.05, 4.69) is 25.7 Å². The summed E-state index contributed by atoms with van der Waals surface area (Å²) in [5, 5.41) is 0. The number of Topliss-reactive ketones (excluding diaryl/α,β-unsaturated/α-hetero) is 1. The molecule has 1 aliphatic rings. The van der Waals surface area contributed by atoms with Crippen LogP contribution in [0, 0.1) is 6.92 Å². The van der Waals surface area contributed by atoms with Crippen molar-refractivity contribution in [3.05, 3.63) is 71.0 Å². The Morgan fingerprint density at radius 1 is 0.973 bits per heavy atom. The molecule has 5 heterocycles. The molecule has 0 amide bonds. The number of hydrogen-bond donors (Lipinski definition) is 1. The van der Waals surface area contributed by atoms with Gasteiger partial charge in [0.1, 0.15) is 17.7 Å². The lowest BCUT2D eigenvalue weighted by Gasteiger charge is -2.13. The molecule has 1 aliphatic heterocycles. The average Bonchev–Trinajstić information content (AvgIpc) is 3.50. The third kappa shape index (κ3) is 4.28. The van der Waals surface area contributed by atoms with Crippen molar-refractivity contribution in [1.82, 2.24) is 15.0 Å². The van der Waals surface area contributed by atoms with Gasteiger partial charge in [-0.25, -0.2) is 23.4 Å². The molecule has 0 aliphatic carbocycles. The summed E-state index contributed by atoms with van der Waals surface area (Å²) in [7, 11) is -2.60. The Morgan fingerprint density at radius 3 is 2.68 bits per heavy atom. The van der Waals surface area contributed by atoms with Crippen LogP contribution in [0.4, 0.5) is 5.69 Å². The fourth-order valence-electron chi connectivity index (χ4n) is 4.29. The predicted octanol–water partition coefficient (Wildman–Crippen LogP) is 5.73. The van der Waals surface area contributed by atoms with E-state index in [-0.39, 0.29) is 28.7 Å². The van der Waals surface area contributed by atoms with Crippen LogP contribution in [-0.4, -0.2) is 36.3 Å². The Bertz CT molecular complexity index is 1810. The first-order valence-electron chi connectivity index (χ1n) is 11.4. The van der Waals surface area contributed by atoms with Crippen molar-refractivity contribution in [3.8, 4) is 26.9 Å². The molecule has 1 N–H and O–H groups in total. The molecule has 1 aromatic carbocycles. The van der Waals surface area contributed by atoms with Gasteiger partial charge in [0.2, 0.25) is 5.88 Å². The number of sulfonamides is 1. The molecular formula is C26H20N4O4S3. The number of anilines is 1. The van der Waals surface area contributed by atoms with Gasteiger partial charge in [-0.1, -0.05) is 12.1 Å². The number of methoxy groups -OCH3 is 1. The second-order valence-corrected chi connectivity index (χ2v) is 12.5. The Hall–Kier alpha value is -3.67. The van der Waals surface area contributed by atoms with Gasteiger partial charge in [-0.05, 0) is 49.2 Å². The lowest BCUT2D eigenvalue weighted by atomic mass is 10.1. The first kappa shape index (κ1) is 23.7. The van der Waals surface area contributed by atoms with Gasteiger partial charge in [0, 0.05) is 33.5 Å². The van der Waals surface area contributed by atoms with Gasteiger partial charge in [0.05, 0.1) is 27.1 Å². The van der Waals surface area contributed by atoms with Crippen molar-refractivity contribution in [2.24, 2.45) is 0 Å². The summed E-state index contributed by atoms with van der Waals surface area (Å²) in [5.41, 5.74) is 3.97. The number of benzene rings is 1. The molecule has 11 heteroatoms. The van der Waals surface area contributed by atoms with Gasteiger partial charge in [-0.15, -0.1) is 22.7 Å². The number of pyridine rings is 1. The highest BCUT2D eigenvalue weighted by molar-refractivity contribution is 7.92. The second-order valence-electron chi connectivity index (χ2n) is 8.60. The number of aromatic nitrogens is 3. The number of aryl methyl sites for hydroxylation is 2. The summed E-state index contributed by atoms with van der Waals surface area (Å²) in [6, 6.07) is 11.8. The lowest BCUT2D eigenvalue weighted by Crippen LogP contribution is -2.15. The highest BCUT2D eigenvalue weighted by atomic mass is 32.2. The van der Waals surface area contributed by atoms with E-state index in [4.69, 9.17) is 4.74 Å². The third-order valence-electron chi connectivity index (χ3n) is 6.18. The van der Waals surface area contributed by atoms with Crippen LogP contribution < -0.4 is 9.46 Å². The Balaban J connectivity index is 1.58. The van der Waals surface area contributed by atoms with E-state index in [9.17, 15) is 13.2 Å². The fourth-order valence-corrected chi connectivity index (χ4v) is 7.72. The maximum Gasteiger partial charge on any atom is 0.262 e. The quantitative estimate of drug-likeness (QED) is 0.285. The van der Waals surface area contributed by atoms with Crippen LogP contribution in [0.2, 0.25) is 0 Å². The monoisotopic (exact) mass is 548 g/mol. The highest BCUT2D eigenvalue weighted by Crippen LogP contribution is 2.41. The standard InChI is InChI=1S/C26H20N4O4S3/c1-14-8-23-24-25-18(28-13-29-24)11-22(36-25)16-10-19(26(34-2)27-12-16)30-37(32,33)17-5-3-4-15(9-17)20(31)6-7-21(14)35-23/h3-5,8-13,30H,6-7H2,1-2H3. The van der Waals surface area contributed by atoms with Crippen molar-refractivity contribution >= 4 is 54.4 Å². The average molecular weight is 549 g/mol. The van der Waals surface area contributed by atoms with Crippen molar-refractivity contribution in [3.63, 3.8) is 0 Å². The number of hydrogen-bond acceptors (Lipinski definition) is 9. The lowest BCUT2D eigenvalue weighted by molar-refractivity contribution is 0.0983. The van der Waals surface area contributed by atoms with Gasteiger partial charge in [0.15, 0.2) is 5.78 Å². The normalized spacial score (nSPS) is 14.7. The number of nitrogens with zero attached hydrogens (tertiary/aromatic N) is 3. The van der Waals surface area contributed by atoms with Crippen LogP contribution in [0.15, 0.2) is 59.9 Å². The largest absolute Gasteiger partial charge is 0.480 e. The third-order valence-corrected chi connectivity index (χ3v) is 10.0. The molecule has 0 fully saturated rings. The Labute approximate surface area is 221 Å². The number of nitrogens with one attached hydrogen (secondary N) is 1. The van der Waals surface area contributed by atoms with E-state index in [0.29, 0.717) is 17.5 Å². The number of fused-ring (bicyclic) bond motifs is 9. The maximum atomic E-state index is 13.3. The first-order chi connectivity index (χ1) is 17.8. The minimum atomic E-state index is -4.02. The molecule has 8 nitrogen and oxygen atoms in total. The molecule has 0 saturated carbocycles. The van der Waals surface area contributed by atoms with Crippen LogP contribution in [0.3, 0.4) is 0 Å². The predicted molar refractivity (Wildman–Crippen MR) is 145 cm³/mol. The van der Waals surface area contributed by atoms with Crippen molar-refractivity contribution in [2.45, 2.75) is 24.7 Å². The van der Waals surface area contributed by atoms with Gasteiger partial charge in [-0.2, -0.15) is 0 Å².